The Labute approximate surface area is 228 Å². The molecular formula is C29H32BFN6O2. The molecule has 6 rings (SSSR count). The fourth-order valence-electron chi connectivity index (χ4n) is 5.03. The summed E-state index contributed by atoms with van der Waals surface area (Å²) in [5.74, 6) is 0.538. The number of anilines is 1. The summed E-state index contributed by atoms with van der Waals surface area (Å²) in [5.41, 5.74) is 5.14. The summed E-state index contributed by atoms with van der Waals surface area (Å²) < 4.78 is 27.6. The van der Waals surface area contributed by atoms with Crippen molar-refractivity contribution in [2.75, 3.05) is 18.0 Å². The molecule has 1 aromatic carbocycles. The predicted molar refractivity (Wildman–Crippen MR) is 149 cm³/mol. The molecule has 0 saturated carbocycles. The number of hydrogen-bond donors (Lipinski definition) is 0. The summed E-state index contributed by atoms with van der Waals surface area (Å²) in [6.45, 7) is 11.7. The highest BCUT2D eigenvalue weighted by Gasteiger charge is 2.52. The molecule has 1 fully saturated rings. The number of fused-ring (bicyclic) bond motifs is 1. The van der Waals surface area contributed by atoms with Crippen LogP contribution in [0.4, 0.5) is 10.3 Å². The van der Waals surface area contributed by atoms with Crippen LogP contribution in [0.2, 0.25) is 0 Å². The third kappa shape index (κ3) is 4.72. The minimum Gasteiger partial charge on any atom is -0.399 e. The highest BCUT2D eigenvalue weighted by atomic mass is 19.1. The van der Waals surface area contributed by atoms with Crippen LogP contribution in [0.3, 0.4) is 0 Å². The molecule has 5 heterocycles. The van der Waals surface area contributed by atoms with E-state index in [0.717, 1.165) is 40.8 Å². The summed E-state index contributed by atoms with van der Waals surface area (Å²) in [4.78, 5) is 16.1. The lowest BCUT2D eigenvalue weighted by Crippen LogP contribution is -2.41. The molecule has 0 aliphatic carbocycles. The van der Waals surface area contributed by atoms with Crippen molar-refractivity contribution in [3.8, 4) is 0 Å². The van der Waals surface area contributed by atoms with Crippen LogP contribution in [0.25, 0.3) is 11.1 Å². The van der Waals surface area contributed by atoms with E-state index in [-0.39, 0.29) is 11.7 Å². The van der Waals surface area contributed by atoms with Crippen molar-refractivity contribution in [1.82, 2.24) is 24.6 Å². The van der Waals surface area contributed by atoms with E-state index < -0.39 is 18.3 Å². The zero-order chi connectivity index (χ0) is 27.4. The summed E-state index contributed by atoms with van der Waals surface area (Å²) >= 11 is 0. The first-order valence-corrected chi connectivity index (χ1v) is 13.3. The Bertz CT molecular complexity index is 1520. The number of halogens is 1. The summed E-state index contributed by atoms with van der Waals surface area (Å²) in [6.07, 6.45) is 10.3. The molecule has 1 unspecified atom stereocenters. The van der Waals surface area contributed by atoms with Gasteiger partial charge in [-0.1, -0.05) is 25.1 Å². The molecule has 0 amide bonds. The molecule has 1 saturated heterocycles. The van der Waals surface area contributed by atoms with E-state index in [1.165, 1.54) is 17.7 Å². The molecule has 4 aromatic rings. The van der Waals surface area contributed by atoms with Crippen LogP contribution in [-0.2, 0) is 9.31 Å². The van der Waals surface area contributed by atoms with Crippen LogP contribution < -0.4 is 10.4 Å². The second-order valence-corrected chi connectivity index (χ2v) is 11.3. The topological polar surface area (TPSA) is 77.7 Å². The first-order chi connectivity index (χ1) is 18.6. The zero-order valence-electron chi connectivity index (χ0n) is 22.9. The first-order valence-electron chi connectivity index (χ1n) is 13.3. The molecule has 8 nitrogen and oxygen atoms in total. The van der Waals surface area contributed by atoms with Gasteiger partial charge in [-0.3, -0.25) is 0 Å². The summed E-state index contributed by atoms with van der Waals surface area (Å²) in [5, 5.41) is 4.43. The average molecular weight is 526 g/mol. The van der Waals surface area contributed by atoms with Gasteiger partial charge in [0.2, 0.25) is 5.95 Å². The third-order valence-corrected chi connectivity index (χ3v) is 8.28. The lowest BCUT2D eigenvalue weighted by molar-refractivity contribution is 0.00578. The fourth-order valence-corrected chi connectivity index (χ4v) is 5.03. The van der Waals surface area contributed by atoms with Crippen LogP contribution in [0.5, 0.6) is 0 Å². The van der Waals surface area contributed by atoms with Gasteiger partial charge in [0.15, 0.2) is 0 Å². The Morgan fingerprint density at radius 1 is 0.974 bits per heavy atom. The van der Waals surface area contributed by atoms with Gasteiger partial charge in [0.1, 0.15) is 12.1 Å². The number of hydrogen-bond acceptors (Lipinski definition) is 7. The monoisotopic (exact) mass is 526 g/mol. The Morgan fingerprint density at radius 2 is 1.67 bits per heavy atom. The zero-order valence-corrected chi connectivity index (χ0v) is 22.9. The van der Waals surface area contributed by atoms with Crippen molar-refractivity contribution >= 4 is 29.6 Å². The number of nitrogens with zero attached hydrogens (tertiary/aromatic N) is 6. The predicted octanol–water partition coefficient (Wildman–Crippen LogP) is 4.40. The van der Waals surface area contributed by atoms with E-state index in [9.17, 15) is 4.39 Å². The fraction of sp³-hybridized carbons (Fsp3) is 0.379. The second-order valence-electron chi connectivity index (χ2n) is 11.3. The van der Waals surface area contributed by atoms with Crippen molar-refractivity contribution in [3.63, 3.8) is 0 Å². The first kappa shape index (κ1) is 25.6. The van der Waals surface area contributed by atoms with Gasteiger partial charge in [0.25, 0.3) is 0 Å². The van der Waals surface area contributed by atoms with E-state index in [4.69, 9.17) is 9.31 Å². The van der Waals surface area contributed by atoms with Crippen molar-refractivity contribution < 1.29 is 13.7 Å². The van der Waals surface area contributed by atoms with Crippen LogP contribution in [-0.4, -0.2) is 56.0 Å². The van der Waals surface area contributed by atoms with E-state index >= 15 is 0 Å². The van der Waals surface area contributed by atoms with Crippen LogP contribution >= 0.6 is 0 Å². The molecule has 0 bridgehead atoms. The van der Waals surface area contributed by atoms with Gasteiger partial charge < -0.3 is 14.2 Å². The van der Waals surface area contributed by atoms with Crippen LogP contribution in [0.1, 0.15) is 63.8 Å². The quantitative estimate of drug-likeness (QED) is 0.357. The Morgan fingerprint density at radius 3 is 2.31 bits per heavy atom. The van der Waals surface area contributed by atoms with E-state index in [0.29, 0.717) is 12.5 Å². The van der Waals surface area contributed by atoms with Gasteiger partial charge in [-0.05, 0) is 69.0 Å². The molecule has 2 aliphatic heterocycles. The van der Waals surface area contributed by atoms with Gasteiger partial charge in [-0.25, -0.2) is 23.9 Å². The Balaban J connectivity index is 1.18. The third-order valence-electron chi connectivity index (χ3n) is 8.28. The molecular weight excluding hydrogens is 494 g/mol. The second kappa shape index (κ2) is 9.53. The maximum atomic E-state index is 13.3. The molecule has 3 aromatic heterocycles. The molecule has 2 aliphatic rings. The highest BCUT2D eigenvalue weighted by Crippen LogP contribution is 2.37. The van der Waals surface area contributed by atoms with Crippen molar-refractivity contribution in [1.29, 1.82) is 0 Å². The Kier molecular flexibility index (Phi) is 6.27. The molecule has 0 N–H and O–H groups in total. The van der Waals surface area contributed by atoms with Gasteiger partial charge in [-0.2, -0.15) is 5.10 Å². The average Bonchev–Trinajstić information content (AvgIpc) is 3.46. The number of aromatic nitrogens is 5. The molecule has 10 heteroatoms. The minimum atomic E-state index is -0.453. The van der Waals surface area contributed by atoms with Gasteiger partial charge >= 0.3 is 7.12 Å². The lowest BCUT2D eigenvalue weighted by atomic mass is 9.81. The van der Waals surface area contributed by atoms with E-state index in [2.05, 4.69) is 71.7 Å². The van der Waals surface area contributed by atoms with Gasteiger partial charge in [-0.15, -0.1) is 0 Å². The standard InChI is InChI=1S/C29H32BFN6O2/c1-19(20-6-8-24(31)9-7-20)22-15-32-27(33-16-22)36-12-10-21(11-13-36)26-25-14-23(17-37(25)35-18-34-26)30-38-28(2,3)29(4,5)39-30/h6-10,14-19H,11-13H2,1-5H3. The molecule has 39 heavy (non-hydrogen) atoms. The molecule has 0 radical (unpaired) electrons. The maximum Gasteiger partial charge on any atom is 0.496 e. The Hall–Kier alpha value is -3.63. The summed E-state index contributed by atoms with van der Waals surface area (Å²) in [6, 6.07) is 8.64. The molecule has 1 atom stereocenters. The minimum absolute atomic E-state index is 0.0804. The largest absolute Gasteiger partial charge is 0.496 e. The molecule has 0 spiro atoms. The van der Waals surface area contributed by atoms with Crippen molar-refractivity contribution in [3.05, 3.63) is 84.0 Å². The number of benzene rings is 1. The van der Waals surface area contributed by atoms with Crippen LogP contribution in [0, 0.1) is 5.82 Å². The smallest absolute Gasteiger partial charge is 0.399 e. The van der Waals surface area contributed by atoms with Crippen LogP contribution in [0.15, 0.2) is 61.3 Å². The van der Waals surface area contributed by atoms with Gasteiger partial charge in [0.05, 0.1) is 22.4 Å². The van der Waals surface area contributed by atoms with Crippen molar-refractivity contribution in [2.24, 2.45) is 0 Å². The lowest BCUT2D eigenvalue weighted by Gasteiger charge is -2.32. The normalized spacial score (nSPS) is 19.4. The molecule has 200 valence electrons. The maximum absolute atomic E-state index is 13.3. The van der Waals surface area contributed by atoms with Crippen molar-refractivity contribution in [2.45, 2.75) is 58.2 Å². The highest BCUT2D eigenvalue weighted by molar-refractivity contribution is 6.62. The van der Waals surface area contributed by atoms with E-state index in [1.807, 2.05) is 23.1 Å². The summed E-state index contributed by atoms with van der Waals surface area (Å²) in [7, 11) is -0.453. The van der Waals surface area contributed by atoms with Gasteiger partial charge in [0, 0.05) is 43.1 Å². The number of rotatable bonds is 5. The van der Waals surface area contributed by atoms with E-state index in [1.54, 1.807) is 18.5 Å². The SMILES string of the molecule is CC(c1ccc(F)cc1)c1cnc(N2CC=C(c3ncnn4cc(B5OC(C)(C)C(C)(C)O5)cc34)CC2)nc1.